The van der Waals surface area contributed by atoms with E-state index in [2.05, 4.69) is 5.32 Å². The van der Waals surface area contributed by atoms with Crippen molar-refractivity contribution < 1.29 is 14.6 Å². The van der Waals surface area contributed by atoms with Crippen molar-refractivity contribution in [2.24, 2.45) is 0 Å². The van der Waals surface area contributed by atoms with E-state index < -0.39 is 0 Å². The summed E-state index contributed by atoms with van der Waals surface area (Å²) in [7, 11) is 0. The lowest BCUT2D eigenvalue weighted by Gasteiger charge is -2.07. The molecule has 0 aromatic heterocycles. The minimum atomic E-state index is 0.247. The van der Waals surface area contributed by atoms with Gasteiger partial charge < -0.3 is 19.9 Å². The molecule has 106 valence electrons. The van der Waals surface area contributed by atoms with Crippen LogP contribution < -0.4 is 14.8 Å². The lowest BCUT2D eigenvalue weighted by molar-refractivity contribution is 0.174. The van der Waals surface area contributed by atoms with Crippen LogP contribution in [-0.2, 0) is 6.54 Å². The average molecular weight is 286 g/mol. The van der Waals surface area contributed by atoms with Crippen molar-refractivity contribution in [3.8, 4) is 11.5 Å². The Balaban J connectivity index is 1.70. The highest BCUT2D eigenvalue weighted by atomic mass is 35.5. The normalized spacial score (nSPS) is 12.9. The van der Waals surface area contributed by atoms with Crippen LogP contribution in [0.3, 0.4) is 0 Å². The molecule has 5 heteroatoms. The molecule has 2 rings (SSSR count). The van der Waals surface area contributed by atoms with Gasteiger partial charge in [0.15, 0.2) is 11.5 Å². The van der Waals surface area contributed by atoms with Crippen molar-refractivity contribution in [3.63, 3.8) is 0 Å². The van der Waals surface area contributed by atoms with Crippen LogP contribution in [0.2, 0.25) is 5.02 Å². The Bertz CT molecular complexity index is 412. The van der Waals surface area contributed by atoms with Crippen LogP contribution in [0, 0.1) is 0 Å². The predicted molar refractivity (Wildman–Crippen MR) is 74.8 cm³/mol. The molecule has 0 spiro atoms. The summed E-state index contributed by atoms with van der Waals surface area (Å²) in [6, 6.07) is 3.88. The molecule has 4 nitrogen and oxygen atoms in total. The molecular formula is C14H20ClNO3. The molecule has 0 radical (unpaired) electrons. The molecule has 1 aliphatic rings. The Labute approximate surface area is 118 Å². The van der Waals surface area contributed by atoms with Gasteiger partial charge in [-0.3, -0.25) is 0 Å². The van der Waals surface area contributed by atoms with Crippen molar-refractivity contribution in [1.29, 1.82) is 0 Å². The molecular weight excluding hydrogens is 266 g/mol. The third-order valence-corrected chi connectivity index (χ3v) is 3.36. The van der Waals surface area contributed by atoms with E-state index in [1.807, 2.05) is 12.1 Å². The first kappa shape index (κ1) is 14.4. The Kier molecular flexibility index (Phi) is 5.76. The van der Waals surface area contributed by atoms with Crippen molar-refractivity contribution in [1.82, 2.24) is 5.32 Å². The Hall–Kier alpha value is -0.970. The number of aliphatic hydroxyl groups excluding tert-OH is 1. The average Bonchev–Trinajstić information content (AvgIpc) is 2.86. The van der Waals surface area contributed by atoms with E-state index in [4.69, 9.17) is 26.2 Å². The number of aliphatic hydroxyl groups is 1. The minimum absolute atomic E-state index is 0.247. The van der Waals surface area contributed by atoms with Crippen LogP contribution in [0.4, 0.5) is 0 Å². The first-order valence-corrected chi connectivity index (χ1v) is 7.08. The molecule has 0 saturated carbocycles. The van der Waals surface area contributed by atoms with E-state index in [-0.39, 0.29) is 6.79 Å². The molecule has 0 bridgehead atoms. The van der Waals surface area contributed by atoms with Gasteiger partial charge in [-0.05, 0) is 37.1 Å². The molecule has 0 unspecified atom stereocenters. The minimum Gasteiger partial charge on any atom is -0.454 e. The van der Waals surface area contributed by atoms with Gasteiger partial charge in [-0.25, -0.2) is 0 Å². The summed E-state index contributed by atoms with van der Waals surface area (Å²) in [4.78, 5) is 0. The summed E-state index contributed by atoms with van der Waals surface area (Å²) in [5.41, 5.74) is 1.10. The number of benzene rings is 1. The maximum atomic E-state index is 8.67. The van der Waals surface area contributed by atoms with Gasteiger partial charge >= 0.3 is 0 Å². The fourth-order valence-corrected chi connectivity index (χ4v) is 2.36. The summed E-state index contributed by atoms with van der Waals surface area (Å²) in [6.07, 6.45) is 4.26. The Morgan fingerprint density at radius 3 is 2.84 bits per heavy atom. The van der Waals surface area contributed by atoms with Gasteiger partial charge in [0.25, 0.3) is 0 Å². The van der Waals surface area contributed by atoms with E-state index >= 15 is 0 Å². The summed E-state index contributed by atoms with van der Waals surface area (Å²) >= 11 is 6.12. The Morgan fingerprint density at radius 2 is 2.00 bits per heavy atom. The summed E-state index contributed by atoms with van der Waals surface area (Å²) in [5, 5.41) is 12.7. The third-order valence-electron chi connectivity index (χ3n) is 3.08. The Morgan fingerprint density at radius 1 is 1.16 bits per heavy atom. The van der Waals surface area contributed by atoms with E-state index in [9.17, 15) is 0 Å². The SMILES string of the molecule is OCCCCCCNCc1cc(Cl)c2c(c1)OCO2. The standard InChI is InChI=1S/C14H20ClNO3/c15-12-7-11(8-13-14(12)19-10-18-13)9-16-5-3-1-2-4-6-17/h7-8,16-17H,1-6,9-10H2. The van der Waals surface area contributed by atoms with Crippen LogP contribution in [-0.4, -0.2) is 25.1 Å². The predicted octanol–water partition coefficient (Wildman–Crippen LogP) is 2.71. The number of hydrogen-bond donors (Lipinski definition) is 2. The number of nitrogens with one attached hydrogen (secondary N) is 1. The number of rotatable bonds is 8. The fraction of sp³-hybridized carbons (Fsp3) is 0.571. The monoisotopic (exact) mass is 285 g/mol. The second kappa shape index (κ2) is 7.58. The van der Waals surface area contributed by atoms with Gasteiger partial charge in [0.2, 0.25) is 6.79 Å². The highest BCUT2D eigenvalue weighted by Crippen LogP contribution is 2.39. The number of unbranched alkanes of at least 4 members (excludes halogenated alkanes) is 3. The molecule has 0 amide bonds. The first-order valence-electron chi connectivity index (χ1n) is 6.71. The zero-order valence-electron chi connectivity index (χ0n) is 11.0. The maximum Gasteiger partial charge on any atom is 0.231 e. The highest BCUT2D eigenvalue weighted by molar-refractivity contribution is 6.32. The van der Waals surface area contributed by atoms with Gasteiger partial charge in [-0.2, -0.15) is 0 Å². The van der Waals surface area contributed by atoms with Crippen LogP contribution in [0.5, 0.6) is 11.5 Å². The zero-order chi connectivity index (χ0) is 13.5. The molecule has 1 aliphatic heterocycles. The van der Waals surface area contributed by atoms with Gasteiger partial charge in [-0.1, -0.05) is 24.4 Å². The number of fused-ring (bicyclic) bond motifs is 1. The van der Waals surface area contributed by atoms with E-state index in [1.165, 1.54) is 0 Å². The van der Waals surface area contributed by atoms with Crippen molar-refractivity contribution in [2.75, 3.05) is 19.9 Å². The maximum absolute atomic E-state index is 8.67. The van der Waals surface area contributed by atoms with Gasteiger partial charge in [0.05, 0.1) is 5.02 Å². The molecule has 0 fully saturated rings. The zero-order valence-corrected chi connectivity index (χ0v) is 11.7. The molecule has 2 N–H and O–H groups in total. The van der Waals surface area contributed by atoms with Crippen LogP contribution >= 0.6 is 11.6 Å². The van der Waals surface area contributed by atoms with Crippen LogP contribution in [0.25, 0.3) is 0 Å². The summed E-state index contributed by atoms with van der Waals surface area (Å²) in [5.74, 6) is 1.38. The molecule has 0 atom stereocenters. The fourth-order valence-electron chi connectivity index (χ4n) is 2.07. The molecule has 1 aromatic rings. The second-order valence-electron chi connectivity index (χ2n) is 4.63. The number of halogens is 1. The van der Waals surface area contributed by atoms with Crippen molar-refractivity contribution in [3.05, 3.63) is 22.7 Å². The smallest absolute Gasteiger partial charge is 0.231 e. The number of hydrogen-bond acceptors (Lipinski definition) is 4. The quantitative estimate of drug-likeness (QED) is 0.721. The topological polar surface area (TPSA) is 50.7 Å². The summed E-state index contributed by atoms with van der Waals surface area (Å²) < 4.78 is 10.6. The highest BCUT2D eigenvalue weighted by Gasteiger charge is 2.17. The largest absolute Gasteiger partial charge is 0.454 e. The van der Waals surface area contributed by atoms with E-state index in [0.717, 1.165) is 50.1 Å². The van der Waals surface area contributed by atoms with Gasteiger partial charge in [-0.15, -0.1) is 0 Å². The lowest BCUT2D eigenvalue weighted by Crippen LogP contribution is -2.14. The van der Waals surface area contributed by atoms with Crippen LogP contribution in [0.15, 0.2) is 12.1 Å². The summed E-state index contributed by atoms with van der Waals surface area (Å²) in [6.45, 7) is 2.29. The number of ether oxygens (including phenoxy) is 2. The van der Waals surface area contributed by atoms with Gasteiger partial charge in [0, 0.05) is 13.2 Å². The van der Waals surface area contributed by atoms with Crippen LogP contribution in [0.1, 0.15) is 31.2 Å². The van der Waals surface area contributed by atoms with Gasteiger partial charge in [0.1, 0.15) is 0 Å². The van der Waals surface area contributed by atoms with E-state index in [1.54, 1.807) is 0 Å². The molecule has 19 heavy (non-hydrogen) atoms. The lowest BCUT2D eigenvalue weighted by atomic mass is 10.2. The molecule has 0 aliphatic carbocycles. The second-order valence-corrected chi connectivity index (χ2v) is 5.03. The first-order chi connectivity index (χ1) is 9.31. The van der Waals surface area contributed by atoms with Crippen molar-refractivity contribution >= 4 is 11.6 Å². The molecule has 1 heterocycles. The molecule has 1 aromatic carbocycles. The molecule has 0 saturated heterocycles. The van der Waals surface area contributed by atoms with E-state index in [0.29, 0.717) is 17.4 Å². The third kappa shape index (κ3) is 4.27. The van der Waals surface area contributed by atoms with Crippen molar-refractivity contribution in [2.45, 2.75) is 32.2 Å².